The van der Waals surface area contributed by atoms with Crippen LogP contribution in [-0.2, 0) is 4.79 Å². The molecule has 1 aliphatic rings. The van der Waals surface area contributed by atoms with Crippen molar-refractivity contribution in [3.63, 3.8) is 0 Å². The highest BCUT2D eigenvalue weighted by Gasteiger charge is 2.26. The number of nitrogens with zero attached hydrogens (tertiary/aromatic N) is 2. The van der Waals surface area contributed by atoms with Crippen LogP contribution < -0.4 is 11.1 Å². The average molecular weight is 270 g/mol. The fourth-order valence-electron chi connectivity index (χ4n) is 2.71. The van der Waals surface area contributed by atoms with Crippen molar-refractivity contribution in [1.82, 2.24) is 15.1 Å². The maximum absolute atomic E-state index is 11.8. The van der Waals surface area contributed by atoms with Crippen LogP contribution >= 0.6 is 0 Å². The molecule has 0 aromatic heterocycles. The molecule has 5 nitrogen and oxygen atoms in total. The molecule has 2 unspecified atom stereocenters. The number of piperidine rings is 1. The van der Waals surface area contributed by atoms with E-state index in [0.29, 0.717) is 19.0 Å². The molecule has 2 atom stereocenters. The van der Waals surface area contributed by atoms with Gasteiger partial charge in [0.05, 0.1) is 0 Å². The Morgan fingerprint density at radius 1 is 1.58 bits per heavy atom. The first kappa shape index (κ1) is 16.4. The zero-order valence-electron chi connectivity index (χ0n) is 12.7. The Morgan fingerprint density at radius 2 is 2.32 bits per heavy atom. The van der Waals surface area contributed by atoms with Crippen LogP contribution in [0.1, 0.15) is 32.6 Å². The molecule has 1 saturated heterocycles. The molecule has 0 bridgehead atoms. The first-order valence-corrected chi connectivity index (χ1v) is 7.45. The lowest BCUT2D eigenvalue weighted by molar-refractivity contribution is -0.122. The number of nitrogens with two attached hydrogens (primary N) is 1. The minimum atomic E-state index is 0.119. The zero-order chi connectivity index (χ0) is 14.3. The van der Waals surface area contributed by atoms with Gasteiger partial charge in [-0.15, -0.1) is 0 Å². The summed E-state index contributed by atoms with van der Waals surface area (Å²) in [6, 6.07) is 0.666. The molecule has 1 fully saturated rings. The highest BCUT2D eigenvalue weighted by molar-refractivity contribution is 5.76. The van der Waals surface area contributed by atoms with Gasteiger partial charge in [-0.05, 0) is 39.9 Å². The number of hydrogen-bond donors (Lipinski definition) is 2. The molecule has 1 heterocycles. The van der Waals surface area contributed by atoms with Gasteiger partial charge in [-0.3, -0.25) is 9.69 Å². The van der Waals surface area contributed by atoms with E-state index in [2.05, 4.69) is 36.1 Å². The predicted octanol–water partition coefficient (Wildman–Crippen LogP) is 0.256. The lowest BCUT2D eigenvalue weighted by atomic mass is 10.0. The summed E-state index contributed by atoms with van der Waals surface area (Å²) in [4.78, 5) is 16.5. The fraction of sp³-hybridized carbons (Fsp3) is 0.929. The molecule has 1 rings (SSSR count). The van der Waals surface area contributed by atoms with Crippen LogP contribution in [0.4, 0.5) is 0 Å². The summed E-state index contributed by atoms with van der Waals surface area (Å²) in [5.74, 6) is 0.119. The Morgan fingerprint density at radius 3 is 2.89 bits per heavy atom. The fourth-order valence-corrected chi connectivity index (χ4v) is 2.71. The lowest BCUT2D eigenvalue weighted by Gasteiger charge is -2.39. The second-order valence-corrected chi connectivity index (χ2v) is 5.67. The van der Waals surface area contributed by atoms with Crippen molar-refractivity contribution in [2.75, 3.05) is 40.3 Å². The van der Waals surface area contributed by atoms with Gasteiger partial charge in [0, 0.05) is 38.1 Å². The number of hydrogen-bond acceptors (Lipinski definition) is 4. The van der Waals surface area contributed by atoms with E-state index in [0.717, 1.165) is 19.5 Å². The van der Waals surface area contributed by atoms with Gasteiger partial charge in [-0.25, -0.2) is 0 Å². The SMILES string of the molecule is CCCNC(=O)CC(CN)N(C)C1CCCN(C)C1. The summed E-state index contributed by atoms with van der Waals surface area (Å²) >= 11 is 0. The number of carbonyl (C=O) groups excluding carboxylic acids is 1. The minimum absolute atomic E-state index is 0.119. The molecule has 112 valence electrons. The molecule has 19 heavy (non-hydrogen) atoms. The maximum atomic E-state index is 11.8. The largest absolute Gasteiger partial charge is 0.356 e. The van der Waals surface area contributed by atoms with Gasteiger partial charge in [0.2, 0.25) is 5.91 Å². The Bertz CT molecular complexity index is 272. The number of likely N-dealkylation sites (N-methyl/N-ethyl adjacent to an activating group) is 2. The molecule has 0 aromatic carbocycles. The van der Waals surface area contributed by atoms with Gasteiger partial charge in [0.15, 0.2) is 0 Å². The molecular formula is C14H30N4O. The van der Waals surface area contributed by atoms with Crippen LogP contribution in [-0.4, -0.2) is 68.1 Å². The van der Waals surface area contributed by atoms with Crippen molar-refractivity contribution < 1.29 is 4.79 Å². The predicted molar refractivity (Wildman–Crippen MR) is 79.0 cm³/mol. The number of nitrogens with one attached hydrogen (secondary N) is 1. The quantitative estimate of drug-likeness (QED) is 0.696. The zero-order valence-corrected chi connectivity index (χ0v) is 12.7. The van der Waals surface area contributed by atoms with Crippen molar-refractivity contribution in [1.29, 1.82) is 0 Å². The normalized spacial score (nSPS) is 22.5. The molecule has 3 N–H and O–H groups in total. The third-order valence-corrected chi connectivity index (χ3v) is 4.02. The molecule has 1 aliphatic heterocycles. The van der Waals surface area contributed by atoms with Crippen LogP contribution in [0.25, 0.3) is 0 Å². The highest BCUT2D eigenvalue weighted by atomic mass is 16.1. The average Bonchev–Trinajstić information content (AvgIpc) is 2.41. The van der Waals surface area contributed by atoms with Gasteiger partial charge in [-0.2, -0.15) is 0 Å². The van der Waals surface area contributed by atoms with E-state index in [1.165, 1.54) is 19.4 Å². The summed E-state index contributed by atoms with van der Waals surface area (Å²) in [5, 5.41) is 2.93. The smallest absolute Gasteiger partial charge is 0.221 e. The maximum Gasteiger partial charge on any atom is 0.221 e. The van der Waals surface area contributed by atoms with E-state index in [4.69, 9.17) is 5.73 Å². The van der Waals surface area contributed by atoms with E-state index < -0.39 is 0 Å². The van der Waals surface area contributed by atoms with Crippen LogP contribution in [0.3, 0.4) is 0 Å². The second kappa shape index (κ2) is 8.51. The monoisotopic (exact) mass is 270 g/mol. The summed E-state index contributed by atoms with van der Waals surface area (Å²) in [6.07, 6.45) is 3.91. The molecular weight excluding hydrogens is 240 g/mol. The van der Waals surface area contributed by atoms with E-state index in [-0.39, 0.29) is 11.9 Å². The van der Waals surface area contributed by atoms with Gasteiger partial charge in [-0.1, -0.05) is 6.92 Å². The Hall–Kier alpha value is -0.650. The van der Waals surface area contributed by atoms with Gasteiger partial charge >= 0.3 is 0 Å². The van der Waals surface area contributed by atoms with Crippen LogP contribution in [0.15, 0.2) is 0 Å². The van der Waals surface area contributed by atoms with Crippen molar-refractivity contribution in [2.45, 2.75) is 44.7 Å². The van der Waals surface area contributed by atoms with Crippen molar-refractivity contribution in [2.24, 2.45) is 5.73 Å². The first-order chi connectivity index (χ1) is 9.08. The topological polar surface area (TPSA) is 61.6 Å². The van der Waals surface area contributed by atoms with E-state index in [1.807, 2.05) is 0 Å². The third kappa shape index (κ3) is 5.47. The molecule has 5 heteroatoms. The van der Waals surface area contributed by atoms with Gasteiger partial charge in [0.1, 0.15) is 0 Å². The van der Waals surface area contributed by atoms with Crippen molar-refractivity contribution >= 4 is 5.91 Å². The molecule has 0 aromatic rings. The lowest BCUT2D eigenvalue weighted by Crippen LogP contribution is -2.52. The number of likely N-dealkylation sites (tertiary alicyclic amines) is 1. The second-order valence-electron chi connectivity index (χ2n) is 5.67. The molecule has 0 radical (unpaired) electrons. The van der Waals surface area contributed by atoms with Gasteiger partial charge < -0.3 is 16.0 Å². The number of amides is 1. The Labute approximate surface area is 117 Å². The molecule has 0 spiro atoms. The van der Waals surface area contributed by atoms with Crippen LogP contribution in [0.2, 0.25) is 0 Å². The molecule has 1 amide bonds. The summed E-state index contributed by atoms with van der Waals surface area (Å²) in [7, 11) is 4.26. The summed E-state index contributed by atoms with van der Waals surface area (Å²) < 4.78 is 0. The Balaban J connectivity index is 2.46. The van der Waals surface area contributed by atoms with E-state index in [1.54, 1.807) is 0 Å². The summed E-state index contributed by atoms with van der Waals surface area (Å²) in [6.45, 7) is 5.60. The van der Waals surface area contributed by atoms with Crippen molar-refractivity contribution in [3.8, 4) is 0 Å². The molecule has 0 saturated carbocycles. The minimum Gasteiger partial charge on any atom is -0.356 e. The van der Waals surface area contributed by atoms with Gasteiger partial charge in [0.25, 0.3) is 0 Å². The third-order valence-electron chi connectivity index (χ3n) is 4.02. The van der Waals surface area contributed by atoms with Crippen LogP contribution in [0, 0.1) is 0 Å². The number of carbonyl (C=O) groups is 1. The first-order valence-electron chi connectivity index (χ1n) is 7.45. The Kier molecular flexibility index (Phi) is 7.34. The molecule has 0 aliphatic carbocycles. The summed E-state index contributed by atoms with van der Waals surface area (Å²) in [5.41, 5.74) is 5.86. The van der Waals surface area contributed by atoms with E-state index >= 15 is 0 Å². The number of rotatable bonds is 7. The van der Waals surface area contributed by atoms with Crippen molar-refractivity contribution in [3.05, 3.63) is 0 Å². The highest BCUT2D eigenvalue weighted by Crippen LogP contribution is 2.16. The standard InChI is InChI=1S/C14H30N4O/c1-4-7-16-14(19)9-13(10-15)18(3)12-6-5-8-17(2)11-12/h12-13H,4-11,15H2,1-3H3,(H,16,19). The van der Waals surface area contributed by atoms with E-state index in [9.17, 15) is 4.79 Å². The van der Waals surface area contributed by atoms with Crippen LogP contribution in [0.5, 0.6) is 0 Å².